The maximum absolute atomic E-state index is 11.7. The van der Waals surface area contributed by atoms with Crippen molar-refractivity contribution in [2.75, 3.05) is 0 Å². The molecule has 1 rings (SSSR count). The third-order valence-electron chi connectivity index (χ3n) is 2.78. The van der Waals surface area contributed by atoms with Gasteiger partial charge in [-0.2, -0.15) is 0 Å². The maximum Gasteiger partial charge on any atom is 0.326 e. The van der Waals surface area contributed by atoms with Gasteiger partial charge in [0.2, 0.25) is 5.91 Å². The number of hydrogen-bond acceptors (Lipinski definition) is 4. The van der Waals surface area contributed by atoms with Crippen LogP contribution in [0.15, 0.2) is 30.3 Å². The second kappa shape index (κ2) is 7.18. The molecule has 2 N–H and O–H groups in total. The number of carbonyl (C=O) groups excluding carboxylic acids is 1. The molecule has 0 aromatic heterocycles. The number of carboxylic acid groups (broad SMARTS) is 1. The van der Waals surface area contributed by atoms with Crippen molar-refractivity contribution in [2.45, 2.75) is 19.9 Å². The van der Waals surface area contributed by atoms with Crippen molar-refractivity contribution < 1.29 is 19.6 Å². The Labute approximate surface area is 121 Å². The highest BCUT2D eigenvalue weighted by atomic mass is 16.6. The van der Waals surface area contributed by atoms with E-state index in [4.69, 9.17) is 5.11 Å². The first kappa shape index (κ1) is 16.4. The lowest BCUT2D eigenvalue weighted by molar-refractivity contribution is -0.385. The van der Waals surface area contributed by atoms with E-state index in [0.29, 0.717) is 0 Å². The van der Waals surface area contributed by atoms with E-state index in [9.17, 15) is 19.7 Å². The summed E-state index contributed by atoms with van der Waals surface area (Å²) in [7, 11) is 0. The van der Waals surface area contributed by atoms with Gasteiger partial charge >= 0.3 is 5.97 Å². The van der Waals surface area contributed by atoms with E-state index in [0.717, 1.165) is 6.08 Å². The molecule has 1 aromatic carbocycles. The fraction of sp³-hybridized carbons (Fsp3) is 0.286. The molecule has 1 atom stereocenters. The smallest absolute Gasteiger partial charge is 0.326 e. The van der Waals surface area contributed by atoms with Crippen molar-refractivity contribution in [3.05, 3.63) is 46.0 Å². The summed E-state index contributed by atoms with van der Waals surface area (Å²) < 4.78 is 0. The molecular weight excluding hydrogens is 276 g/mol. The molecule has 0 saturated heterocycles. The third kappa shape index (κ3) is 4.72. The minimum Gasteiger partial charge on any atom is -0.480 e. The molecule has 0 fully saturated rings. The quantitative estimate of drug-likeness (QED) is 0.472. The SMILES string of the molecule is CC(C)[C@H](NC(=O)/C=C/c1ccccc1[N+](=O)[O-])C(=O)O. The van der Waals surface area contributed by atoms with Gasteiger partial charge in [0.05, 0.1) is 10.5 Å². The van der Waals surface area contributed by atoms with E-state index >= 15 is 0 Å². The van der Waals surface area contributed by atoms with Gasteiger partial charge < -0.3 is 10.4 Å². The lowest BCUT2D eigenvalue weighted by Crippen LogP contribution is -2.43. The molecule has 0 aliphatic rings. The van der Waals surface area contributed by atoms with Crippen LogP contribution < -0.4 is 5.32 Å². The van der Waals surface area contributed by atoms with Crippen LogP contribution >= 0.6 is 0 Å². The Morgan fingerprint density at radius 1 is 1.33 bits per heavy atom. The zero-order valence-electron chi connectivity index (χ0n) is 11.6. The molecule has 0 spiro atoms. The van der Waals surface area contributed by atoms with E-state index in [1.54, 1.807) is 19.9 Å². The lowest BCUT2D eigenvalue weighted by Gasteiger charge is -2.16. The fourth-order valence-corrected chi connectivity index (χ4v) is 1.68. The Balaban J connectivity index is 2.84. The normalized spacial score (nSPS) is 12.3. The van der Waals surface area contributed by atoms with Crippen molar-refractivity contribution in [1.82, 2.24) is 5.32 Å². The van der Waals surface area contributed by atoms with E-state index in [2.05, 4.69) is 5.32 Å². The lowest BCUT2D eigenvalue weighted by atomic mass is 10.0. The monoisotopic (exact) mass is 292 g/mol. The molecule has 7 heteroatoms. The van der Waals surface area contributed by atoms with Gasteiger partial charge in [0.15, 0.2) is 0 Å². The number of aliphatic carboxylic acids is 1. The van der Waals surface area contributed by atoms with Gasteiger partial charge in [0, 0.05) is 12.1 Å². The van der Waals surface area contributed by atoms with Crippen LogP contribution in [0, 0.1) is 16.0 Å². The highest BCUT2D eigenvalue weighted by Crippen LogP contribution is 2.18. The van der Waals surface area contributed by atoms with Gasteiger partial charge in [-0.15, -0.1) is 0 Å². The van der Waals surface area contributed by atoms with Crippen molar-refractivity contribution in [1.29, 1.82) is 0 Å². The van der Waals surface area contributed by atoms with Gasteiger partial charge in [0.25, 0.3) is 5.69 Å². The van der Waals surface area contributed by atoms with Crippen LogP contribution in [0.5, 0.6) is 0 Å². The number of nitro benzene ring substituents is 1. The van der Waals surface area contributed by atoms with E-state index < -0.39 is 22.8 Å². The predicted molar refractivity (Wildman–Crippen MR) is 76.5 cm³/mol. The topological polar surface area (TPSA) is 110 Å². The van der Waals surface area contributed by atoms with Crippen LogP contribution in [0.25, 0.3) is 6.08 Å². The second-order valence-electron chi connectivity index (χ2n) is 4.72. The summed E-state index contributed by atoms with van der Waals surface area (Å²) in [4.78, 5) is 32.9. The summed E-state index contributed by atoms with van der Waals surface area (Å²) in [6, 6.07) is 4.95. The molecule has 7 nitrogen and oxygen atoms in total. The summed E-state index contributed by atoms with van der Waals surface area (Å²) in [6.45, 7) is 3.34. The van der Waals surface area contributed by atoms with Crippen molar-refractivity contribution in [2.24, 2.45) is 5.92 Å². The number of amides is 1. The van der Waals surface area contributed by atoms with Crippen LogP contribution in [-0.4, -0.2) is 27.9 Å². The number of hydrogen-bond donors (Lipinski definition) is 2. The first-order valence-corrected chi connectivity index (χ1v) is 6.27. The number of benzene rings is 1. The Bertz CT molecular complexity index is 580. The largest absolute Gasteiger partial charge is 0.480 e. The Hall–Kier alpha value is -2.70. The molecule has 1 amide bonds. The average molecular weight is 292 g/mol. The van der Waals surface area contributed by atoms with Crippen LogP contribution in [0.1, 0.15) is 19.4 Å². The molecule has 0 heterocycles. The molecule has 0 radical (unpaired) electrons. The number of carboxylic acids is 1. The summed E-state index contributed by atoms with van der Waals surface area (Å²) in [5.74, 6) is -2.02. The van der Waals surface area contributed by atoms with Gasteiger partial charge in [0.1, 0.15) is 6.04 Å². The standard InChI is InChI=1S/C14H16N2O5/c1-9(2)13(14(18)19)15-12(17)8-7-10-5-3-4-6-11(10)16(20)21/h3-9,13H,1-2H3,(H,15,17)(H,18,19)/b8-7+/t13-/m0/s1. The predicted octanol–water partition coefficient (Wildman–Crippen LogP) is 1.83. The zero-order valence-corrected chi connectivity index (χ0v) is 11.6. The van der Waals surface area contributed by atoms with E-state index in [1.165, 1.54) is 24.3 Å². The van der Waals surface area contributed by atoms with Crippen molar-refractivity contribution in [3.63, 3.8) is 0 Å². The first-order valence-electron chi connectivity index (χ1n) is 6.27. The number of rotatable bonds is 6. The van der Waals surface area contributed by atoms with E-state index in [1.807, 2.05) is 0 Å². The van der Waals surface area contributed by atoms with Gasteiger partial charge in [-0.05, 0) is 18.1 Å². The molecule has 1 aromatic rings. The Morgan fingerprint density at radius 2 is 1.95 bits per heavy atom. The summed E-state index contributed by atoms with van der Waals surface area (Å²) in [6.07, 6.45) is 2.37. The van der Waals surface area contributed by atoms with Crippen LogP contribution in [0.3, 0.4) is 0 Å². The van der Waals surface area contributed by atoms with E-state index in [-0.39, 0.29) is 17.2 Å². The summed E-state index contributed by atoms with van der Waals surface area (Å²) in [5, 5.41) is 22.1. The molecular formula is C14H16N2O5. The molecule has 21 heavy (non-hydrogen) atoms. The Morgan fingerprint density at radius 3 is 2.48 bits per heavy atom. The number of nitro groups is 1. The van der Waals surface area contributed by atoms with Crippen LogP contribution in [0.4, 0.5) is 5.69 Å². The third-order valence-corrected chi connectivity index (χ3v) is 2.78. The van der Waals surface area contributed by atoms with Crippen molar-refractivity contribution in [3.8, 4) is 0 Å². The van der Waals surface area contributed by atoms with Gasteiger partial charge in [-0.1, -0.05) is 26.0 Å². The first-order chi connectivity index (χ1) is 9.82. The highest BCUT2D eigenvalue weighted by Gasteiger charge is 2.22. The number of para-hydroxylation sites is 1. The molecule has 0 saturated carbocycles. The second-order valence-corrected chi connectivity index (χ2v) is 4.72. The minimum atomic E-state index is -1.13. The molecule has 0 aliphatic heterocycles. The summed E-state index contributed by atoms with van der Waals surface area (Å²) in [5.41, 5.74) is 0.147. The molecule has 0 aliphatic carbocycles. The molecule has 112 valence electrons. The maximum atomic E-state index is 11.7. The molecule has 0 bridgehead atoms. The minimum absolute atomic E-state index is 0.125. The molecule has 0 unspecified atom stereocenters. The fourth-order valence-electron chi connectivity index (χ4n) is 1.68. The van der Waals surface area contributed by atoms with Crippen LogP contribution in [0.2, 0.25) is 0 Å². The van der Waals surface area contributed by atoms with Crippen molar-refractivity contribution >= 4 is 23.6 Å². The van der Waals surface area contributed by atoms with Gasteiger partial charge in [-0.25, -0.2) is 4.79 Å². The van der Waals surface area contributed by atoms with Crippen LogP contribution in [-0.2, 0) is 9.59 Å². The number of nitrogens with zero attached hydrogens (tertiary/aromatic N) is 1. The Kier molecular flexibility index (Phi) is 5.59. The zero-order chi connectivity index (χ0) is 16.0. The number of carbonyl (C=O) groups is 2. The number of nitrogens with one attached hydrogen (secondary N) is 1. The average Bonchev–Trinajstić information content (AvgIpc) is 2.42. The highest BCUT2D eigenvalue weighted by molar-refractivity contribution is 5.94. The van der Waals surface area contributed by atoms with Gasteiger partial charge in [-0.3, -0.25) is 14.9 Å². The summed E-state index contributed by atoms with van der Waals surface area (Å²) >= 11 is 0.